The van der Waals surface area contributed by atoms with Crippen LogP contribution in [0.15, 0.2) is 18.2 Å². The van der Waals surface area contributed by atoms with Gasteiger partial charge in [0.05, 0.1) is 5.56 Å². The third-order valence-corrected chi connectivity index (χ3v) is 2.69. The van der Waals surface area contributed by atoms with Gasteiger partial charge in [-0.05, 0) is 31.3 Å². The molecule has 1 aromatic carbocycles. The SMILES string of the molecule is Cc1nc(=S)n(CC(=O)c2ccc(O)cc2O)[nH]1. The molecule has 0 amide bonds. The first-order valence-corrected chi connectivity index (χ1v) is 5.57. The summed E-state index contributed by atoms with van der Waals surface area (Å²) in [7, 11) is 0. The number of aromatic amines is 1. The van der Waals surface area contributed by atoms with Crippen LogP contribution >= 0.6 is 12.2 Å². The highest BCUT2D eigenvalue weighted by Crippen LogP contribution is 2.23. The zero-order chi connectivity index (χ0) is 13.3. The van der Waals surface area contributed by atoms with E-state index in [-0.39, 0.29) is 34.2 Å². The highest BCUT2D eigenvalue weighted by Gasteiger charge is 2.13. The molecule has 0 spiro atoms. The first kappa shape index (κ1) is 12.3. The maximum Gasteiger partial charge on any atom is 0.216 e. The lowest BCUT2D eigenvalue weighted by Gasteiger charge is -2.04. The zero-order valence-electron chi connectivity index (χ0n) is 9.54. The number of carbonyl (C=O) groups excluding carboxylic acids is 1. The van der Waals surface area contributed by atoms with Crippen LogP contribution < -0.4 is 0 Å². The molecule has 0 radical (unpaired) electrons. The van der Waals surface area contributed by atoms with Crippen molar-refractivity contribution in [2.75, 3.05) is 0 Å². The molecule has 0 fully saturated rings. The molecule has 0 aliphatic heterocycles. The quantitative estimate of drug-likeness (QED) is 0.578. The molecule has 6 nitrogen and oxygen atoms in total. The molecule has 0 saturated heterocycles. The van der Waals surface area contributed by atoms with Crippen molar-refractivity contribution in [2.45, 2.75) is 13.5 Å². The third kappa shape index (κ3) is 2.40. The Hall–Kier alpha value is -2.15. The van der Waals surface area contributed by atoms with Crippen molar-refractivity contribution in [3.05, 3.63) is 34.4 Å². The summed E-state index contributed by atoms with van der Waals surface area (Å²) >= 11 is 4.96. The van der Waals surface area contributed by atoms with Crippen molar-refractivity contribution in [1.29, 1.82) is 0 Å². The van der Waals surface area contributed by atoms with Crippen molar-refractivity contribution in [2.24, 2.45) is 0 Å². The molecule has 3 N–H and O–H groups in total. The van der Waals surface area contributed by atoms with Crippen LogP contribution in [0, 0.1) is 11.7 Å². The Morgan fingerprint density at radius 2 is 2.22 bits per heavy atom. The molecule has 7 heteroatoms. The molecule has 0 bridgehead atoms. The average Bonchev–Trinajstić information content (AvgIpc) is 2.57. The van der Waals surface area contributed by atoms with Gasteiger partial charge >= 0.3 is 0 Å². The normalized spacial score (nSPS) is 10.5. The van der Waals surface area contributed by atoms with Gasteiger partial charge in [-0.15, -0.1) is 0 Å². The summed E-state index contributed by atoms with van der Waals surface area (Å²) in [5.74, 6) is -0.0734. The van der Waals surface area contributed by atoms with E-state index in [2.05, 4.69) is 10.1 Å². The molecule has 0 atom stereocenters. The fourth-order valence-electron chi connectivity index (χ4n) is 1.56. The van der Waals surface area contributed by atoms with Crippen molar-refractivity contribution < 1.29 is 15.0 Å². The summed E-state index contributed by atoms with van der Waals surface area (Å²) in [4.78, 5) is 15.9. The number of H-pyrrole nitrogens is 1. The molecular weight excluding hydrogens is 254 g/mol. The number of aryl methyl sites for hydroxylation is 1. The number of Topliss-reactive ketones (excluding diaryl/α,β-unsaturated/α-hetero) is 1. The Morgan fingerprint density at radius 1 is 1.50 bits per heavy atom. The number of aromatic hydroxyl groups is 2. The van der Waals surface area contributed by atoms with Gasteiger partial charge in [0, 0.05) is 6.07 Å². The van der Waals surface area contributed by atoms with Crippen molar-refractivity contribution >= 4 is 18.0 Å². The van der Waals surface area contributed by atoms with E-state index in [1.807, 2.05) is 0 Å². The van der Waals surface area contributed by atoms with E-state index in [0.717, 1.165) is 6.07 Å². The molecule has 0 unspecified atom stereocenters. The maximum absolute atomic E-state index is 12.0. The molecule has 2 aromatic rings. The van der Waals surface area contributed by atoms with E-state index >= 15 is 0 Å². The second-order valence-electron chi connectivity index (χ2n) is 3.80. The lowest BCUT2D eigenvalue weighted by atomic mass is 10.1. The second-order valence-corrected chi connectivity index (χ2v) is 4.17. The van der Waals surface area contributed by atoms with E-state index < -0.39 is 0 Å². The topological polar surface area (TPSA) is 91.1 Å². The molecule has 1 heterocycles. The van der Waals surface area contributed by atoms with Gasteiger partial charge in [-0.25, -0.2) is 4.98 Å². The molecule has 0 aliphatic rings. The van der Waals surface area contributed by atoms with Gasteiger partial charge in [0.1, 0.15) is 23.9 Å². The van der Waals surface area contributed by atoms with Gasteiger partial charge in [-0.1, -0.05) is 0 Å². The summed E-state index contributed by atoms with van der Waals surface area (Å²) in [6.45, 7) is 1.69. The summed E-state index contributed by atoms with van der Waals surface area (Å²) in [6.07, 6.45) is 0. The number of aromatic nitrogens is 3. The van der Waals surface area contributed by atoms with Gasteiger partial charge in [-0.2, -0.15) is 0 Å². The minimum atomic E-state index is -0.327. The predicted octanol–water partition coefficient (Wildman–Crippen LogP) is 1.54. The lowest BCUT2D eigenvalue weighted by Crippen LogP contribution is -2.12. The Morgan fingerprint density at radius 3 is 2.78 bits per heavy atom. The standard InChI is InChI=1S/C11H11N3O3S/c1-6-12-11(18)14(13-6)5-10(17)8-3-2-7(15)4-9(8)16/h2-4,15-16H,5H2,1H3,(H,12,13,18). The van der Waals surface area contributed by atoms with Crippen molar-refractivity contribution in [3.63, 3.8) is 0 Å². The molecule has 18 heavy (non-hydrogen) atoms. The largest absolute Gasteiger partial charge is 0.508 e. The molecule has 1 aromatic heterocycles. The number of phenolic OH excluding ortho intramolecular Hbond substituents is 2. The second kappa shape index (κ2) is 4.61. The lowest BCUT2D eigenvalue weighted by molar-refractivity contribution is 0.0964. The average molecular weight is 265 g/mol. The van der Waals surface area contributed by atoms with Crippen LogP contribution in [0.3, 0.4) is 0 Å². The van der Waals surface area contributed by atoms with Gasteiger partial charge in [0.15, 0.2) is 5.78 Å². The number of hydrogen-bond acceptors (Lipinski definition) is 5. The van der Waals surface area contributed by atoms with E-state index in [1.165, 1.54) is 16.8 Å². The summed E-state index contributed by atoms with van der Waals surface area (Å²) in [5.41, 5.74) is 0.127. The molecular formula is C11H11N3O3S. The van der Waals surface area contributed by atoms with Gasteiger partial charge < -0.3 is 10.2 Å². The van der Waals surface area contributed by atoms with Crippen molar-refractivity contribution in [1.82, 2.24) is 14.8 Å². The third-order valence-electron chi connectivity index (χ3n) is 2.37. The number of hydrogen-bond donors (Lipinski definition) is 3. The molecule has 2 rings (SSSR count). The van der Waals surface area contributed by atoms with Crippen LogP contribution in [0.4, 0.5) is 0 Å². The van der Waals surface area contributed by atoms with Crippen LogP contribution in [0.1, 0.15) is 16.2 Å². The first-order chi connectivity index (χ1) is 8.47. The van der Waals surface area contributed by atoms with E-state index in [9.17, 15) is 9.90 Å². The highest BCUT2D eigenvalue weighted by atomic mass is 32.1. The monoisotopic (exact) mass is 265 g/mol. The minimum Gasteiger partial charge on any atom is -0.508 e. The molecule has 0 saturated carbocycles. The Kier molecular flexibility index (Phi) is 3.15. The Balaban J connectivity index is 2.27. The van der Waals surface area contributed by atoms with E-state index in [0.29, 0.717) is 5.82 Å². The number of ketones is 1. The van der Waals surface area contributed by atoms with Gasteiger partial charge in [-0.3, -0.25) is 14.6 Å². The zero-order valence-corrected chi connectivity index (χ0v) is 10.4. The minimum absolute atomic E-state index is 0.0436. The fraction of sp³-hybridized carbons (Fsp3) is 0.182. The smallest absolute Gasteiger partial charge is 0.216 e. The van der Waals surface area contributed by atoms with Gasteiger partial charge in [0.2, 0.25) is 4.77 Å². The van der Waals surface area contributed by atoms with Crippen LogP contribution in [0.5, 0.6) is 11.5 Å². The van der Waals surface area contributed by atoms with E-state index in [1.54, 1.807) is 6.92 Å². The number of nitrogens with zero attached hydrogens (tertiary/aromatic N) is 2. The van der Waals surface area contributed by atoms with Crippen LogP contribution in [-0.2, 0) is 6.54 Å². The van der Waals surface area contributed by atoms with Gasteiger partial charge in [0.25, 0.3) is 0 Å². The highest BCUT2D eigenvalue weighted by molar-refractivity contribution is 7.71. The van der Waals surface area contributed by atoms with Crippen LogP contribution in [-0.4, -0.2) is 30.8 Å². The molecule has 94 valence electrons. The van der Waals surface area contributed by atoms with Crippen LogP contribution in [0.25, 0.3) is 0 Å². The first-order valence-electron chi connectivity index (χ1n) is 5.16. The fourth-order valence-corrected chi connectivity index (χ4v) is 1.81. The Labute approximate surface area is 108 Å². The number of nitrogens with one attached hydrogen (secondary N) is 1. The maximum atomic E-state index is 12.0. The number of carbonyl (C=O) groups is 1. The summed E-state index contributed by atoms with van der Waals surface area (Å²) < 4.78 is 1.69. The van der Waals surface area contributed by atoms with E-state index in [4.69, 9.17) is 17.3 Å². The number of benzene rings is 1. The Bertz CT molecular complexity index is 660. The summed E-state index contributed by atoms with van der Waals surface area (Å²) in [5, 5.41) is 21.5. The number of phenols is 2. The number of rotatable bonds is 3. The van der Waals surface area contributed by atoms with Crippen molar-refractivity contribution in [3.8, 4) is 11.5 Å². The van der Waals surface area contributed by atoms with Crippen LogP contribution in [0.2, 0.25) is 0 Å². The summed E-state index contributed by atoms with van der Waals surface area (Å²) in [6, 6.07) is 3.81. The predicted molar refractivity (Wildman–Crippen MR) is 66.3 cm³/mol. The molecule has 0 aliphatic carbocycles.